The van der Waals surface area contributed by atoms with E-state index in [0.29, 0.717) is 5.69 Å². The summed E-state index contributed by atoms with van der Waals surface area (Å²) in [4.78, 5) is 6.05. The van der Waals surface area contributed by atoms with Crippen molar-refractivity contribution in [2.24, 2.45) is 0 Å². The van der Waals surface area contributed by atoms with Crippen molar-refractivity contribution < 1.29 is 0 Å². The number of rotatable bonds is 2. The molecule has 0 radical (unpaired) electrons. The Morgan fingerprint density at radius 3 is 2.50 bits per heavy atom. The van der Waals surface area contributed by atoms with Crippen molar-refractivity contribution in [2.45, 2.75) is 0 Å². The van der Waals surface area contributed by atoms with E-state index in [-0.39, 0.29) is 0 Å². The van der Waals surface area contributed by atoms with Gasteiger partial charge in [-0.1, -0.05) is 18.2 Å². The fourth-order valence-corrected chi connectivity index (χ4v) is 2.19. The van der Waals surface area contributed by atoms with Crippen LogP contribution in [0.1, 0.15) is 0 Å². The van der Waals surface area contributed by atoms with Crippen LogP contribution in [0.5, 0.6) is 0 Å². The Kier molecular flexibility index (Phi) is 3.10. The van der Waals surface area contributed by atoms with Crippen LogP contribution in [0.2, 0.25) is 0 Å². The predicted octanol–water partition coefficient (Wildman–Crippen LogP) is 3.19. The molecule has 0 amide bonds. The molecule has 4 heteroatoms. The Balaban J connectivity index is 2.46. The first-order chi connectivity index (χ1) is 7.70. The zero-order chi connectivity index (χ0) is 11.5. The van der Waals surface area contributed by atoms with Gasteiger partial charge in [-0.25, -0.2) is 0 Å². The van der Waals surface area contributed by atoms with Crippen molar-refractivity contribution in [3.8, 4) is 0 Å². The molecule has 3 nitrogen and oxygen atoms in total. The molecule has 2 N–H and O–H groups in total. The lowest BCUT2D eigenvalue weighted by Gasteiger charge is -2.22. The minimum atomic E-state index is 0.653. The summed E-state index contributed by atoms with van der Waals surface area (Å²) >= 11 is 3.46. The number of halogens is 1. The number of hydrogen-bond acceptors (Lipinski definition) is 3. The van der Waals surface area contributed by atoms with E-state index in [9.17, 15) is 0 Å². The van der Waals surface area contributed by atoms with Gasteiger partial charge in [0.15, 0.2) is 0 Å². The van der Waals surface area contributed by atoms with E-state index in [4.69, 9.17) is 5.73 Å². The van der Waals surface area contributed by atoms with Crippen LogP contribution in [-0.2, 0) is 0 Å². The minimum absolute atomic E-state index is 0.653. The predicted molar refractivity (Wildman–Crippen MR) is 70.9 cm³/mol. The average Bonchev–Trinajstić information content (AvgIpc) is 2.30. The normalized spacial score (nSPS) is 10.1. The fourth-order valence-electron chi connectivity index (χ4n) is 1.58. The fraction of sp³-hybridized carbons (Fsp3) is 0.0833. The number of nitrogen functional groups attached to an aromatic ring is 1. The van der Waals surface area contributed by atoms with E-state index in [1.807, 2.05) is 42.3 Å². The number of nitrogens with two attached hydrogens (primary N) is 1. The average molecular weight is 278 g/mol. The third-order valence-corrected chi connectivity index (χ3v) is 2.96. The summed E-state index contributed by atoms with van der Waals surface area (Å²) in [5.41, 5.74) is 8.59. The molecule has 0 aliphatic rings. The summed E-state index contributed by atoms with van der Waals surface area (Å²) in [6.45, 7) is 0. The molecule has 0 bridgehead atoms. The molecular weight excluding hydrogens is 266 g/mol. The number of aromatic nitrogens is 1. The Labute approximate surface area is 103 Å². The summed E-state index contributed by atoms with van der Waals surface area (Å²) in [5, 5.41) is 0. The van der Waals surface area contributed by atoms with Crippen LogP contribution in [0.3, 0.4) is 0 Å². The second-order valence-corrected chi connectivity index (χ2v) is 4.31. The van der Waals surface area contributed by atoms with Gasteiger partial charge in [0.1, 0.15) is 0 Å². The molecule has 16 heavy (non-hydrogen) atoms. The third-order valence-electron chi connectivity index (χ3n) is 2.38. The van der Waals surface area contributed by atoms with Crippen LogP contribution in [0.15, 0.2) is 47.2 Å². The van der Waals surface area contributed by atoms with Gasteiger partial charge < -0.3 is 10.6 Å². The number of hydrogen-bond donors (Lipinski definition) is 1. The van der Waals surface area contributed by atoms with Crippen LogP contribution in [0, 0.1) is 0 Å². The maximum Gasteiger partial charge on any atom is 0.0817 e. The molecule has 1 aromatic heterocycles. The molecule has 0 atom stereocenters. The lowest BCUT2D eigenvalue weighted by molar-refractivity contribution is 1.18. The smallest absolute Gasteiger partial charge is 0.0817 e. The van der Waals surface area contributed by atoms with Gasteiger partial charge in [0.25, 0.3) is 0 Å². The van der Waals surface area contributed by atoms with E-state index >= 15 is 0 Å². The first-order valence-corrected chi connectivity index (χ1v) is 5.67. The molecule has 0 aliphatic carbocycles. The maximum atomic E-state index is 5.93. The van der Waals surface area contributed by atoms with Gasteiger partial charge in [-0.15, -0.1) is 0 Å². The molecule has 0 aliphatic heterocycles. The maximum absolute atomic E-state index is 5.93. The van der Waals surface area contributed by atoms with Gasteiger partial charge in [-0.05, 0) is 28.1 Å². The highest BCUT2D eigenvalue weighted by molar-refractivity contribution is 9.10. The van der Waals surface area contributed by atoms with E-state index in [2.05, 4.69) is 20.9 Å². The quantitative estimate of drug-likeness (QED) is 0.917. The van der Waals surface area contributed by atoms with Crippen molar-refractivity contribution in [3.63, 3.8) is 0 Å². The van der Waals surface area contributed by atoms with E-state index in [0.717, 1.165) is 15.8 Å². The van der Waals surface area contributed by atoms with Crippen molar-refractivity contribution >= 4 is 33.0 Å². The van der Waals surface area contributed by atoms with E-state index in [1.165, 1.54) is 0 Å². The molecule has 0 spiro atoms. The van der Waals surface area contributed by atoms with Gasteiger partial charge in [0.2, 0.25) is 0 Å². The summed E-state index contributed by atoms with van der Waals surface area (Å²) in [5.74, 6) is 0. The molecule has 0 unspecified atom stereocenters. The Morgan fingerprint density at radius 2 is 1.88 bits per heavy atom. The lowest BCUT2D eigenvalue weighted by atomic mass is 10.2. The Morgan fingerprint density at radius 1 is 1.19 bits per heavy atom. The summed E-state index contributed by atoms with van der Waals surface area (Å²) in [6.07, 6.45) is 3.39. The van der Waals surface area contributed by atoms with Gasteiger partial charge in [-0.3, -0.25) is 4.98 Å². The van der Waals surface area contributed by atoms with Crippen molar-refractivity contribution in [2.75, 3.05) is 17.7 Å². The van der Waals surface area contributed by atoms with Crippen LogP contribution >= 0.6 is 15.9 Å². The third kappa shape index (κ3) is 2.02. The second kappa shape index (κ2) is 4.53. The van der Waals surface area contributed by atoms with Gasteiger partial charge in [-0.2, -0.15) is 0 Å². The Hall–Kier alpha value is -1.55. The SMILES string of the molecule is CN(c1ccccc1)c1c(N)cncc1Br. The van der Waals surface area contributed by atoms with Crippen LogP contribution in [0.4, 0.5) is 17.1 Å². The van der Waals surface area contributed by atoms with Crippen molar-refractivity contribution in [3.05, 3.63) is 47.2 Å². The van der Waals surface area contributed by atoms with Crippen molar-refractivity contribution in [1.29, 1.82) is 0 Å². The topological polar surface area (TPSA) is 42.1 Å². The van der Waals surface area contributed by atoms with E-state index in [1.54, 1.807) is 12.4 Å². The molecule has 1 heterocycles. The Bertz CT molecular complexity index is 465. The lowest BCUT2D eigenvalue weighted by Crippen LogP contribution is -2.12. The zero-order valence-corrected chi connectivity index (χ0v) is 10.5. The second-order valence-electron chi connectivity index (χ2n) is 3.45. The number of anilines is 3. The number of nitrogens with zero attached hydrogens (tertiary/aromatic N) is 2. The van der Waals surface area contributed by atoms with Gasteiger partial charge in [0, 0.05) is 18.9 Å². The minimum Gasteiger partial charge on any atom is -0.396 e. The molecule has 1 aromatic carbocycles. The summed E-state index contributed by atoms with van der Waals surface area (Å²) in [7, 11) is 1.98. The van der Waals surface area contributed by atoms with Crippen LogP contribution < -0.4 is 10.6 Å². The molecule has 0 saturated carbocycles. The molecule has 0 fully saturated rings. The van der Waals surface area contributed by atoms with Crippen LogP contribution in [-0.4, -0.2) is 12.0 Å². The molecule has 82 valence electrons. The van der Waals surface area contributed by atoms with Crippen molar-refractivity contribution in [1.82, 2.24) is 4.98 Å². The molecular formula is C12H12BrN3. The number of pyridine rings is 1. The van der Waals surface area contributed by atoms with Gasteiger partial charge in [0.05, 0.1) is 22.0 Å². The largest absolute Gasteiger partial charge is 0.396 e. The van der Waals surface area contributed by atoms with Crippen LogP contribution in [0.25, 0.3) is 0 Å². The molecule has 0 saturated heterocycles. The van der Waals surface area contributed by atoms with Gasteiger partial charge >= 0.3 is 0 Å². The molecule has 2 aromatic rings. The highest BCUT2D eigenvalue weighted by Gasteiger charge is 2.11. The number of para-hydroxylation sites is 1. The first-order valence-electron chi connectivity index (χ1n) is 4.88. The highest BCUT2D eigenvalue weighted by atomic mass is 79.9. The van der Waals surface area contributed by atoms with E-state index < -0.39 is 0 Å². The standard InChI is InChI=1S/C12H12BrN3/c1-16(9-5-3-2-4-6-9)12-10(13)7-15-8-11(12)14/h2-8H,14H2,1H3. The highest BCUT2D eigenvalue weighted by Crippen LogP contribution is 2.34. The monoisotopic (exact) mass is 277 g/mol. The number of benzene rings is 1. The molecule has 2 rings (SSSR count). The summed E-state index contributed by atoms with van der Waals surface area (Å²) in [6, 6.07) is 10.1. The zero-order valence-electron chi connectivity index (χ0n) is 8.89. The first kappa shape index (κ1) is 11.0. The summed E-state index contributed by atoms with van der Waals surface area (Å²) < 4.78 is 0.888.